The zero-order valence-corrected chi connectivity index (χ0v) is 17.2. The average molecular weight is 444 g/mol. The van der Waals surface area contributed by atoms with Crippen LogP contribution in [0.25, 0.3) is 16.7 Å². The Morgan fingerprint density at radius 2 is 2.07 bits per heavy atom. The molecule has 3 aromatic rings. The van der Waals surface area contributed by atoms with Crippen LogP contribution in [0.4, 0.5) is 19.1 Å². The molecule has 0 amide bonds. The van der Waals surface area contributed by atoms with E-state index in [1.54, 1.807) is 18.6 Å². The lowest BCUT2D eigenvalue weighted by atomic mass is 10.1. The maximum Gasteiger partial charge on any atom is 0.390 e. The van der Waals surface area contributed by atoms with Crippen molar-refractivity contribution in [2.75, 3.05) is 30.3 Å². The van der Waals surface area contributed by atoms with Gasteiger partial charge in [0.2, 0.25) is 16.0 Å². The number of aromatic nitrogens is 4. The Morgan fingerprint density at radius 1 is 1.30 bits per heavy atom. The van der Waals surface area contributed by atoms with Crippen LogP contribution in [-0.4, -0.2) is 69.7 Å². The van der Waals surface area contributed by atoms with E-state index < -0.39 is 28.4 Å². The summed E-state index contributed by atoms with van der Waals surface area (Å²) in [7, 11) is -3.98. The van der Waals surface area contributed by atoms with Crippen molar-refractivity contribution in [2.45, 2.75) is 38.4 Å². The maximum atomic E-state index is 12.5. The van der Waals surface area contributed by atoms with Crippen molar-refractivity contribution in [1.82, 2.24) is 23.7 Å². The predicted octanol–water partition coefficient (Wildman–Crippen LogP) is 2.78. The molecule has 1 aliphatic rings. The van der Waals surface area contributed by atoms with E-state index in [9.17, 15) is 21.6 Å². The van der Waals surface area contributed by atoms with Gasteiger partial charge in [0, 0.05) is 31.9 Å². The molecule has 0 aromatic carbocycles. The molecule has 1 atom stereocenters. The van der Waals surface area contributed by atoms with Crippen molar-refractivity contribution in [3.63, 3.8) is 0 Å². The third-order valence-corrected chi connectivity index (χ3v) is 7.31. The second-order valence-electron chi connectivity index (χ2n) is 7.41. The highest BCUT2D eigenvalue weighted by Gasteiger charge is 2.36. The highest BCUT2D eigenvalue weighted by atomic mass is 32.2. The van der Waals surface area contributed by atoms with Crippen molar-refractivity contribution in [3.05, 3.63) is 24.7 Å². The van der Waals surface area contributed by atoms with Crippen LogP contribution in [0.2, 0.25) is 0 Å². The third-order valence-electron chi connectivity index (χ3n) is 5.48. The summed E-state index contributed by atoms with van der Waals surface area (Å²) in [6, 6.07) is 1.71. The summed E-state index contributed by atoms with van der Waals surface area (Å²) in [5.74, 6) is -0.254. The highest BCUT2D eigenvalue weighted by Crippen LogP contribution is 2.28. The SMILES string of the molecule is CCN(c1ncc2cnc3[nH]ccc3n12)[C@@H]1CCCN(S(=O)(=O)CCC(F)(F)F)C1. The number of imidazole rings is 1. The van der Waals surface area contributed by atoms with Gasteiger partial charge in [-0.3, -0.25) is 4.40 Å². The van der Waals surface area contributed by atoms with Gasteiger partial charge in [-0.05, 0) is 25.8 Å². The topological polar surface area (TPSA) is 86.6 Å². The lowest BCUT2D eigenvalue weighted by molar-refractivity contribution is -0.130. The maximum absolute atomic E-state index is 12.5. The van der Waals surface area contributed by atoms with Gasteiger partial charge >= 0.3 is 6.18 Å². The first kappa shape index (κ1) is 20.9. The molecule has 1 saturated heterocycles. The molecule has 0 saturated carbocycles. The smallest absolute Gasteiger partial charge is 0.345 e. The second kappa shape index (κ2) is 7.73. The standard InChI is InChI=1S/C18H23F3N6O2S/c1-2-26(17-24-11-14-10-23-16-15(27(14)17)5-7-22-16)13-4-3-8-25(12-13)30(28,29)9-6-18(19,20)21/h5,7,10-11,13,22H,2-4,6,8-9,12H2,1H3/t13-/m1/s1. The van der Waals surface area contributed by atoms with Gasteiger partial charge in [0.15, 0.2) is 5.65 Å². The number of piperidine rings is 1. The molecular weight excluding hydrogens is 421 g/mol. The van der Waals surface area contributed by atoms with E-state index >= 15 is 0 Å². The number of anilines is 1. The van der Waals surface area contributed by atoms with Crippen molar-refractivity contribution in [3.8, 4) is 0 Å². The van der Waals surface area contributed by atoms with Gasteiger partial charge < -0.3 is 9.88 Å². The minimum absolute atomic E-state index is 0.143. The van der Waals surface area contributed by atoms with E-state index in [0.29, 0.717) is 24.6 Å². The van der Waals surface area contributed by atoms with Crippen LogP contribution in [0.3, 0.4) is 0 Å². The fourth-order valence-corrected chi connectivity index (χ4v) is 5.58. The minimum Gasteiger partial charge on any atom is -0.345 e. The van der Waals surface area contributed by atoms with Crippen LogP contribution in [0, 0.1) is 0 Å². The fraction of sp³-hybridized carbons (Fsp3) is 0.556. The second-order valence-corrected chi connectivity index (χ2v) is 9.50. The summed E-state index contributed by atoms with van der Waals surface area (Å²) < 4.78 is 65.8. The number of aromatic amines is 1. The molecule has 4 rings (SSSR count). The Kier molecular flexibility index (Phi) is 5.39. The molecule has 0 radical (unpaired) electrons. The van der Waals surface area contributed by atoms with Crippen LogP contribution >= 0.6 is 0 Å². The molecule has 0 unspecified atom stereocenters. The summed E-state index contributed by atoms with van der Waals surface area (Å²) in [4.78, 5) is 14.0. The third kappa shape index (κ3) is 3.97. The Labute approximate surface area is 171 Å². The number of rotatable bonds is 6. The normalized spacial score (nSPS) is 19.0. The first-order chi connectivity index (χ1) is 14.2. The van der Waals surface area contributed by atoms with Gasteiger partial charge in [-0.25, -0.2) is 18.4 Å². The largest absolute Gasteiger partial charge is 0.390 e. The van der Waals surface area contributed by atoms with E-state index in [-0.39, 0.29) is 19.1 Å². The number of likely N-dealkylation sites (N-methyl/N-ethyl adjacent to an activating group) is 1. The molecule has 12 heteroatoms. The first-order valence-corrected chi connectivity index (χ1v) is 11.4. The van der Waals surface area contributed by atoms with E-state index in [0.717, 1.165) is 17.5 Å². The molecule has 4 heterocycles. The minimum atomic E-state index is -4.50. The summed E-state index contributed by atoms with van der Waals surface area (Å²) in [6.45, 7) is 2.91. The number of nitrogens with one attached hydrogen (secondary N) is 1. The van der Waals surface area contributed by atoms with Gasteiger partial charge in [-0.1, -0.05) is 0 Å². The van der Waals surface area contributed by atoms with Crippen LogP contribution in [0.1, 0.15) is 26.2 Å². The average Bonchev–Trinajstić information content (AvgIpc) is 3.33. The highest BCUT2D eigenvalue weighted by molar-refractivity contribution is 7.89. The van der Waals surface area contributed by atoms with Crippen LogP contribution in [-0.2, 0) is 10.0 Å². The summed E-state index contributed by atoms with van der Waals surface area (Å²) >= 11 is 0. The van der Waals surface area contributed by atoms with E-state index in [1.807, 2.05) is 22.3 Å². The molecule has 1 N–H and O–H groups in total. The van der Waals surface area contributed by atoms with Crippen LogP contribution in [0.5, 0.6) is 0 Å². The summed E-state index contributed by atoms with van der Waals surface area (Å²) in [6.07, 6.45) is 0.675. The molecule has 3 aromatic heterocycles. The Balaban J connectivity index is 1.61. The molecular formula is C18H23F3N6O2S. The molecule has 30 heavy (non-hydrogen) atoms. The molecule has 8 nitrogen and oxygen atoms in total. The van der Waals surface area contributed by atoms with Gasteiger partial charge in [0.05, 0.1) is 35.6 Å². The summed E-state index contributed by atoms with van der Waals surface area (Å²) in [5.41, 5.74) is 2.36. The van der Waals surface area contributed by atoms with Crippen molar-refractivity contribution >= 4 is 32.7 Å². The predicted molar refractivity (Wildman–Crippen MR) is 107 cm³/mol. The quantitative estimate of drug-likeness (QED) is 0.632. The lowest BCUT2D eigenvalue weighted by Gasteiger charge is -2.38. The Morgan fingerprint density at radius 3 is 2.80 bits per heavy atom. The molecule has 164 valence electrons. The van der Waals surface area contributed by atoms with Gasteiger partial charge in [0.1, 0.15) is 0 Å². The number of hydrogen-bond acceptors (Lipinski definition) is 5. The monoisotopic (exact) mass is 444 g/mol. The lowest BCUT2D eigenvalue weighted by Crippen LogP contribution is -2.51. The fourth-order valence-electron chi connectivity index (χ4n) is 4.03. The van der Waals surface area contributed by atoms with E-state index in [2.05, 4.69) is 15.0 Å². The number of nitrogens with zero attached hydrogens (tertiary/aromatic N) is 5. The zero-order chi connectivity index (χ0) is 21.5. The molecule has 0 spiro atoms. The van der Waals surface area contributed by atoms with E-state index in [1.165, 1.54) is 4.31 Å². The number of sulfonamides is 1. The Bertz CT molecular complexity index is 1140. The van der Waals surface area contributed by atoms with Gasteiger partial charge in [-0.2, -0.15) is 17.5 Å². The van der Waals surface area contributed by atoms with Gasteiger partial charge in [-0.15, -0.1) is 0 Å². The first-order valence-electron chi connectivity index (χ1n) is 9.80. The number of alkyl halides is 3. The number of hydrogen-bond donors (Lipinski definition) is 1. The molecule has 1 aliphatic heterocycles. The zero-order valence-electron chi connectivity index (χ0n) is 16.4. The van der Waals surface area contributed by atoms with Crippen molar-refractivity contribution < 1.29 is 21.6 Å². The van der Waals surface area contributed by atoms with E-state index in [4.69, 9.17) is 0 Å². The van der Waals surface area contributed by atoms with Crippen molar-refractivity contribution in [2.24, 2.45) is 0 Å². The number of halogens is 3. The molecule has 1 fully saturated rings. The Hall–Kier alpha value is -2.34. The molecule has 0 bridgehead atoms. The number of H-pyrrole nitrogens is 1. The van der Waals surface area contributed by atoms with Gasteiger partial charge in [0.25, 0.3) is 0 Å². The van der Waals surface area contributed by atoms with Crippen LogP contribution < -0.4 is 4.90 Å². The molecule has 0 aliphatic carbocycles. The van der Waals surface area contributed by atoms with Crippen molar-refractivity contribution in [1.29, 1.82) is 0 Å². The van der Waals surface area contributed by atoms with Crippen LogP contribution in [0.15, 0.2) is 24.7 Å². The summed E-state index contributed by atoms with van der Waals surface area (Å²) in [5, 5.41) is 0. The number of fused-ring (bicyclic) bond motifs is 3.